The molecule has 7 nitrogen and oxygen atoms in total. The Hall–Kier alpha value is -3.17. The topological polar surface area (TPSA) is 89.9 Å². The molecule has 0 amide bonds. The van der Waals surface area contributed by atoms with Crippen LogP contribution in [0.2, 0.25) is 0 Å². The number of aromatic amines is 1. The van der Waals surface area contributed by atoms with Crippen molar-refractivity contribution in [3.05, 3.63) is 57.9 Å². The normalized spacial score (nSPS) is 11.7. The van der Waals surface area contributed by atoms with Crippen LogP contribution >= 0.6 is 0 Å². The van der Waals surface area contributed by atoms with Crippen molar-refractivity contribution in [2.45, 2.75) is 26.3 Å². The number of aryl methyl sites for hydroxylation is 1. The van der Waals surface area contributed by atoms with Crippen molar-refractivity contribution in [2.24, 2.45) is 0 Å². The van der Waals surface area contributed by atoms with Crippen molar-refractivity contribution >= 4 is 16.9 Å². The minimum absolute atomic E-state index is 0.140. The average Bonchev–Trinajstić information content (AvgIpc) is 3.03. The van der Waals surface area contributed by atoms with E-state index in [0.29, 0.717) is 10.9 Å². The molecule has 3 rings (SSSR count). The third-order valence-electron chi connectivity index (χ3n) is 3.58. The molecule has 1 N–H and O–H groups in total. The number of para-hydroxylation sites is 1. The third kappa shape index (κ3) is 3.73. The highest BCUT2D eigenvalue weighted by molar-refractivity contribution is 5.80. The van der Waals surface area contributed by atoms with E-state index in [1.54, 1.807) is 25.1 Å². The number of alkyl halides is 3. The van der Waals surface area contributed by atoms with Crippen molar-refractivity contribution in [2.75, 3.05) is 0 Å². The van der Waals surface area contributed by atoms with Crippen LogP contribution in [0.1, 0.15) is 17.1 Å². The van der Waals surface area contributed by atoms with Gasteiger partial charge in [0.15, 0.2) is 5.69 Å². The van der Waals surface area contributed by atoms with Crippen LogP contribution in [0.25, 0.3) is 10.9 Å². The Morgan fingerprint density at radius 2 is 2.08 bits per heavy atom. The van der Waals surface area contributed by atoms with Crippen LogP contribution in [0, 0.1) is 6.92 Å². The SMILES string of the molecule is Cc1cccc2c(=O)[nH]c(COC(=O)Cn3ccc(C(F)(F)F)n3)nc12. The predicted molar refractivity (Wildman–Crippen MR) is 84.1 cm³/mol. The Balaban J connectivity index is 1.68. The summed E-state index contributed by atoms with van der Waals surface area (Å²) in [5.41, 5.74) is -0.186. The fraction of sp³-hybridized carbons (Fsp3) is 0.250. The number of halogens is 3. The fourth-order valence-electron chi connectivity index (χ4n) is 2.35. The number of carbonyl (C=O) groups is 1. The van der Waals surface area contributed by atoms with Crippen molar-refractivity contribution in [3.63, 3.8) is 0 Å². The fourth-order valence-corrected chi connectivity index (χ4v) is 2.35. The van der Waals surface area contributed by atoms with Gasteiger partial charge in [0.2, 0.25) is 0 Å². The Bertz CT molecular complexity index is 1020. The predicted octanol–water partition coefficient (Wildman–Crippen LogP) is 2.19. The molecule has 0 aliphatic rings. The van der Waals surface area contributed by atoms with Gasteiger partial charge in [0.05, 0.1) is 10.9 Å². The Kier molecular flexibility index (Phi) is 4.49. The van der Waals surface area contributed by atoms with Crippen molar-refractivity contribution in [1.29, 1.82) is 0 Å². The highest BCUT2D eigenvalue weighted by Gasteiger charge is 2.33. The van der Waals surface area contributed by atoms with Gasteiger partial charge in [0.1, 0.15) is 19.0 Å². The first-order chi connectivity index (χ1) is 12.2. The molecule has 0 spiro atoms. The molecule has 10 heteroatoms. The van der Waals surface area contributed by atoms with Gasteiger partial charge in [-0.15, -0.1) is 0 Å². The van der Waals surface area contributed by atoms with Crippen molar-refractivity contribution < 1.29 is 22.7 Å². The minimum Gasteiger partial charge on any atom is -0.456 e. The number of ether oxygens (including phenoxy) is 1. The molecule has 1 aromatic carbocycles. The van der Waals surface area contributed by atoms with Gasteiger partial charge in [-0.3, -0.25) is 14.3 Å². The van der Waals surface area contributed by atoms with Gasteiger partial charge in [-0.1, -0.05) is 12.1 Å². The summed E-state index contributed by atoms with van der Waals surface area (Å²) in [7, 11) is 0. The lowest BCUT2D eigenvalue weighted by molar-refractivity contribution is -0.147. The molecule has 2 heterocycles. The second-order valence-electron chi connectivity index (χ2n) is 5.54. The van der Waals surface area contributed by atoms with Gasteiger partial charge in [-0.2, -0.15) is 18.3 Å². The monoisotopic (exact) mass is 366 g/mol. The summed E-state index contributed by atoms with van der Waals surface area (Å²) in [5, 5.41) is 3.67. The zero-order chi connectivity index (χ0) is 18.9. The van der Waals surface area contributed by atoms with Crippen molar-refractivity contribution in [3.8, 4) is 0 Å². The van der Waals surface area contributed by atoms with Gasteiger partial charge in [0.25, 0.3) is 5.56 Å². The molecule has 26 heavy (non-hydrogen) atoms. The van der Waals surface area contributed by atoms with Gasteiger partial charge >= 0.3 is 12.1 Å². The molecule has 0 unspecified atom stereocenters. The van der Waals surface area contributed by atoms with Gasteiger partial charge < -0.3 is 9.72 Å². The Morgan fingerprint density at radius 1 is 1.31 bits per heavy atom. The summed E-state index contributed by atoms with van der Waals surface area (Å²) < 4.78 is 43.2. The first-order valence-electron chi connectivity index (χ1n) is 7.49. The number of nitrogens with one attached hydrogen (secondary N) is 1. The summed E-state index contributed by atoms with van der Waals surface area (Å²) in [6.07, 6.45) is -3.55. The second kappa shape index (κ2) is 6.62. The smallest absolute Gasteiger partial charge is 0.435 e. The van der Waals surface area contributed by atoms with Crippen LogP contribution in [0.5, 0.6) is 0 Å². The van der Waals surface area contributed by atoms with Crippen molar-refractivity contribution in [1.82, 2.24) is 19.7 Å². The maximum atomic E-state index is 12.5. The number of aromatic nitrogens is 4. The van der Waals surface area contributed by atoms with Gasteiger partial charge in [-0.05, 0) is 24.6 Å². The maximum Gasteiger partial charge on any atom is 0.435 e. The summed E-state index contributed by atoms with van der Waals surface area (Å²) in [6, 6.07) is 5.91. The van der Waals surface area contributed by atoms with Crippen LogP contribution in [0.4, 0.5) is 13.2 Å². The molecule has 136 valence electrons. The molecule has 2 aromatic heterocycles. The number of hydrogen-bond donors (Lipinski definition) is 1. The lowest BCUT2D eigenvalue weighted by Gasteiger charge is -2.07. The zero-order valence-corrected chi connectivity index (χ0v) is 13.5. The van der Waals surface area contributed by atoms with Gasteiger partial charge in [0, 0.05) is 6.20 Å². The molecule has 0 radical (unpaired) electrons. The summed E-state index contributed by atoms with van der Waals surface area (Å²) in [6.45, 7) is 0.985. The number of carbonyl (C=O) groups excluding carboxylic acids is 1. The summed E-state index contributed by atoms with van der Waals surface area (Å²) >= 11 is 0. The molecule has 0 bridgehead atoms. The molecule has 0 atom stereocenters. The number of H-pyrrole nitrogens is 1. The average molecular weight is 366 g/mol. The van der Waals surface area contributed by atoms with Crippen LogP contribution < -0.4 is 5.56 Å². The lowest BCUT2D eigenvalue weighted by atomic mass is 10.1. The van der Waals surface area contributed by atoms with E-state index in [0.717, 1.165) is 22.5 Å². The number of rotatable bonds is 4. The lowest BCUT2D eigenvalue weighted by Crippen LogP contribution is -2.18. The quantitative estimate of drug-likeness (QED) is 0.715. The molecule has 0 fully saturated rings. The number of esters is 1. The van der Waals surface area contributed by atoms with Crippen LogP contribution in [0.15, 0.2) is 35.3 Å². The van der Waals surface area contributed by atoms with E-state index in [-0.39, 0.29) is 18.0 Å². The van der Waals surface area contributed by atoms with E-state index in [4.69, 9.17) is 4.74 Å². The number of nitrogens with zero attached hydrogens (tertiary/aromatic N) is 3. The van der Waals surface area contributed by atoms with E-state index in [1.165, 1.54) is 0 Å². The molecule has 0 aliphatic heterocycles. The molecule has 0 aliphatic carbocycles. The standard InChI is InChI=1S/C16H13F3N4O3/c1-9-3-2-4-10-14(9)20-12(21-15(10)25)8-26-13(24)7-23-6-5-11(22-23)16(17,18)19/h2-6H,7-8H2,1H3,(H,20,21,25). The summed E-state index contributed by atoms with van der Waals surface area (Å²) in [5.74, 6) is -0.670. The van der Waals surface area contributed by atoms with Crippen LogP contribution in [-0.4, -0.2) is 25.7 Å². The first-order valence-corrected chi connectivity index (χ1v) is 7.49. The molecular formula is C16H13F3N4O3. The van der Waals surface area contributed by atoms with Gasteiger partial charge in [-0.25, -0.2) is 4.98 Å². The number of hydrogen-bond acceptors (Lipinski definition) is 5. The molecular weight excluding hydrogens is 353 g/mol. The van der Waals surface area contributed by atoms with Crippen LogP contribution in [0.3, 0.4) is 0 Å². The molecule has 3 aromatic rings. The number of benzene rings is 1. The zero-order valence-electron chi connectivity index (χ0n) is 13.5. The molecule has 0 saturated carbocycles. The van der Waals surface area contributed by atoms with E-state index < -0.39 is 24.4 Å². The number of fused-ring (bicyclic) bond motifs is 1. The second-order valence-corrected chi connectivity index (χ2v) is 5.54. The highest BCUT2D eigenvalue weighted by atomic mass is 19.4. The Morgan fingerprint density at radius 3 is 2.77 bits per heavy atom. The van der Waals surface area contributed by atoms with E-state index in [2.05, 4.69) is 15.1 Å². The maximum absolute atomic E-state index is 12.5. The molecule has 0 saturated heterocycles. The van der Waals surface area contributed by atoms with Crippen LogP contribution in [-0.2, 0) is 28.9 Å². The Labute approximate surface area is 144 Å². The minimum atomic E-state index is -4.58. The summed E-state index contributed by atoms with van der Waals surface area (Å²) in [4.78, 5) is 30.6. The first kappa shape index (κ1) is 17.6. The van der Waals surface area contributed by atoms with E-state index in [9.17, 15) is 22.8 Å². The van der Waals surface area contributed by atoms with E-state index >= 15 is 0 Å². The largest absolute Gasteiger partial charge is 0.456 e. The third-order valence-corrected chi connectivity index (χ3v) is 3.58. The van der Waals surface area contributed by atoms with E-state index in [1.807, 2.05) is 0 Å². The highest BCUT2D eigenvalue weighted by Crippen LogP contribution is 2.27.